The van der Waals surface area contributed by atoms with Crippen LogP contribution in [0.1, 0.15) is 31.4 Å². The van der Waals surface area contributed by atoms with Crippen LogP contribution in [-0.2, 0) is 0 Å². The quantitative estimate of drug-likeness (QED) is 0.903. The first-order valence-corrected chi connectivity index (χ1v) is 8.76. The molecule has 4 rings (SSSR count). The van der Waals surface area contributed by atoms with Gasteiger partial charge in [0.2, 0.25) is 0 Å². The summed E-state index contributed by atoms with van der Waals surface area (Å²) < 4.78 is 0. The molecule has 6 heteroatoms. The fraction of sp³-hybridized carbons (Fsp3) is 0.500. The minimum atomic E-state index is 0.422. The van der Waals surface area contributed by atoms with E-state index < -0.39 is 0 Å². The summed E-state index contributed by atoms with van der Waals surface area (Å²) in [6, 6.07) is 6.51. The van der Waals surface area contributed by atoms with Crippen LogP contribution in [0.3, 0.4) is 0 Å². The van der Waals surface area contributed by atoms with Gasteiger partial charge in [-0.1, -0.05) is 0 Å². The van der Waals surface area contributed by atoms with Gasteiger partial charge >= 0.3 is 0 Å². The molecule has 0 spiro atoms. The molecule has 2 aromatic heterocycles. The van der Waals surface area contributed by atoms with E-state index in [0.717, 1.165) is 55.0 Å². The molecule has 4 heterocycles. The zero-order valence-corrected chi connectivity index (χ0v) is 13.8. The van der Waals surface area contributed by atoms with Crippen LogP contribution >= 0.6 is 0 Å². The highest BCUT2D eigenvalue weighted by Gasteiger charge is 2.19. The summed E-state index contributed by atoms with van der Waals surface area (Å²) in [5.41, 5.74) is 0.461. The molecule has 0 aliphatic carbocycles. The van der Waals surface area contributed by atoms with Crippen LogP contribution in [-0.4, -0.2) is 42.2 Å². The maximum absolute atomic E-state index is 9.26. The molecule has 0 unspecified atom stereocenters. The Bertz CT molecular complexity index is 769. The molecule has 6 nitrogen and oxygen atoms in total. The summed E-state index contributed by atoms with van der Waals surface area (Å²) in [6.07, 6.45) is 6.58. The number of nitriles is 1. The van der Waals surface area contributed by atoms with E-state index >= 15 is 0 Å². The van der Waals surface area contributed by atoms with Crippen molar-refractivity contribution in [1.29, 1.82) is 5.26 Å². The van der Waals surface area contributed by atoms with Gasteiger partial charge in [0.1, 0.15) is 23.4 Å². The molecule has 0 bridgehead atoms. The van der Waals surface area contributed by atoms with E-state index in [-0.39, 0.29) is 0 Å². The number of fused-ring (bicyclic) bond motifs is 1. The van der Waals surface area contributed by atoms with Gasteiger partial charge in [-0.2, -0.15) is 5.26 Å². The van der Waals surface area contributed by atoms with Gasteiger partial charge in [-0.15, -0.1) is 0 Å². The third-order valence-electron chi connectivity index (χ3n) is 4.86. The molecule has 0 saturated carbocycles. The second-order valence-corrected chi connectivity index (χ2v) is 6.62. The molecule has 2 N–H and O–H groups in total. The van der Waals surface area contributed by atoms with Crippen molar-refractivity contribution in [1.82, 2.24) is 15.3 Å². The van der Waals surface area contributed by atoms with Crippen LogP contribution in [0.2, 0.25) is 0 Å². The van der Waals surface area contributed by atoms with Crippen molar-refractivity contribution in [2.24, 2.45) is 0 Å². The number of pyridine rings is 2. The van der Waals surface area contributed by atoms with Gasteiger partial charge in [-0.3, -0.25) is 0 Å². The van der Waals surface area contributed by atoms with Gasteiger partial charge in [0.15, 0.2) is 0 Å². The van der Waals surface area contributed by atoms with E-state index in [1.165, 1.54) is 19.3 Å². The van der Waals surface area contributed by atoms with Crippen LogP contribution in [0.5, 0.6) is 0 Å². The molecule has 2 aliphatic heterocycles. The summed E-state index contributed by atoms with van der Waals surface area (Å²) in [5.74, 6) is 1.82. The van der Waals surface area contributed by atoms with Crippen molar-refractivity contribution in [2.45, 2.75) is 31.7 Å². The Morgan fingerprint density at radius 2 is 2.12 bits per heavy atom. The smallest absolute Gasteiger partial charge is 0.143 e. The number of nitrogens with one attached hydrogen (secondary N) is 2. The molecule has 1 atom stereocenters. The van der Waals surface area contributed by atoms with Crippen molar-refractivity contribution in [3.8, 4) is 6.07 Å². The number of hydrogen-bond acceptors (Lipinski definition) is 6. The largest absolute Gasteiger partial charge is 0.366 e. The Morgan fingerprint density at radius 1 is 1.25 bits per heavy atom. The lowest BCUT2D eigenvalue weighted by atomic mass is 10.1. The van der Waals surface area contributed by atoms with Crippen molar-refractivity contribution >= 4 is 22.4 Å². The topological polar surface area (TPSA) is 76.9 Å². The van der Waals surface area contributed by atoms with E-state index in [0.29, 0.717) is 11.7 Å². The molecule has 2 saturated heterocycles. The van der Waals surface area contributed by atoms with Gasteiger partial charge in [0.25, 0.3) is 0 Å². The first kappa shape index (κ1) is 15.2. The fourth-order valence-corrected chi connectivity index (χ4v) is 3.62. The Balaban J connectivity index is 1.71. The average Bonchev–Trinajstić information content (AvgIpc) is 3.16. The minimum absolute atomic E-state index is 0.422. The van der Waals surface area contributed by atoms with Crippen LogP contribution in [0.25, 0.3) is 10.8 Å². The van der Waals surface area contributed by atoms with E-state index in [9.17, 15) is 5.26 Å². The highest BCUT2D eigenvalue weighted by Crippen LogP contribution is 2.29. The third-order valence-corrected chi connectivity index (χ3v) is 4.86. The van der Waals surface area contributed by atoms with Crippen molar-refractivity contribution in [3.05, 3.63) is 24.0 Å². The second-order valence-electron chi connectivity index (χ2n) is 6.62. The molecule has 24 heavy (non-hydrogen) atoms. The van der Waals surface area contributed by atoms with Crippen molar-refractivity contribution in [3.63, 3.8) is 0 Å². The normalized spacial score (nSPS) is 21.0. The first-order chi connectivity index (χ1) is 11.8. The number of nitrogens with zero attached hydrogens (tertiary/aromatic N) is 4. The fourth-order valence-electron chi connectivity index (χ4n) is 3.62. The highest BCUT2D eigenvalue weighted by atomic mass is 15.2. The third kappa shape index (κ3) is 3.00. The SMILES string of the molecule is N#Cc1cc2cnc(N[C@H]3CCCNC3)cc2c(N2CCCC2)n1. The lowest BCUT2D eigenvalue weighted by Gasteiger charge is -2.25. The Kier molecular flexibility index (Phi) is 4.18. The van der Waals surface area contributed by atoms with Gasteiger partial charge in [0, 0.05) is 42.6 Å². The summed E-state index contributed by atoms with van der Waals surface area (Å²) >= 11 is 0. The number of anilines is 2. The van der Waals surface area contributed by atoms with E-state index in [1.54, 1.807) is 0 Å². The van der Waals surface area contributed by atoms with Gasteiger partial charge < -0.3 is 15.5 Å². The molecular formula is C18H22N6. The summed E-state index contributed by atoms with van der Waals surface area (Å²) in [6.45, 7) is 4.09. The molecule has 124 valence electrons. The zero-order chi connectivity index (χ0) is 16.4. The second kappa shape index (κ2) is 6.62. The van der Waals surface area contributed by atoms with Crippen LogP contribution in [0.4, 0.5) is 11.6 Å². The van der Waals surface area contributed by atoms with Crippen molar-refractivity contribution in [2.75, 3.05) is 36.4 Å². The first-order valence-electron chi connectivity index (χ1n) is 8.76. The molecule has 2 aromatic rings. The van der Waals surface area contributed by atoms with Gasteiger partial charge in [-0.25, -0.2) is 9.97 Å². The van der Waals surface area contributed by atoms with Crippen LogP contribution < -0.4 is 15.5 Å². The summed E-state index contributed by atoms with van der Waals surface area (Å²) in [4.78, 5) is 11.4. The average molecular weight is 322 g/mol. The number of hydrogen-bond donors (Lipinski definition) is 2. The minimum Gasteiger partial charge on any atom is -0.366 e. The highest BCUT2D eigenvalue weighted by molar-refractivity contribution is 5.94. The maximum atomic E-state index is 9.26. The molecule has 0 amide bonds. The maximum Gasteiger partial charge on any atom is 0.143 e. The molecule has 2 aliphatic rings. The molecule has 0 aromatic carbocycles. The predicted octanol–water partition coefficient (Wildman–Crippen LogP) is 2.27. The van der Waals surface area contributed by atoms with E-state index in [2.05, 4.69) is 37.6 Å². The molecular weight excluding hydrogens is 300 g/mol. The Labute approximate surface area is 141 Å². The predicted molar refractivity (Wildman–Crippen MR) is 95.2 cm³/mol. The monoisotopic (exact) mass is 322 g/mol. The summed E-state index contributed by atoms with van der Waals surface area (Å²) in [5, 5.41) is 18.3. The van der Waals surface area contributed by atoms with Crippen molar-refractivity contribution < 1.29 is 0 Å². The number of aromatic nitrogens is 2. The van der Waals surface area contributed by atoms with Gasteiger partial charge in [0.05, 0.1) is 0 Å². The summed E-state index contributed by atoms with van der Waals surface area (Å²) in [7, 11) is 0. The van der Waals surface area contributed by atoms with Crippen LogP contribution in [0, 0.1) is 11.3 Å². The lowest BCUT2D eigenvalue weighted by Crippen LogP contribution is -2.38. The lowest BCUT2D eigenvalue weighted by molar-refractivity contribution is 0.479. The van der Waals surface area contributed by atoms with Gasteiger partial charge in [-0.05, 0) is 44.4 Å². The number of rotatable bonds is 3. The molecule has 2 fully saturated rings. The Hall–Kier alpha value is -2.39. The van der Waals surface area contributed by atoms with Crippen LogP contribution in [0.15, 0.2) is 18.3 Å². The van der Waals surface area contributed by atoms with E-state index in [4.69, 9.17) is 0 Å². The standard InChI is InChI=1S/C18H22N6/c19-10-15-8-13-11-21-17(22-14-4-3-5-20-12-14)9-16(13)18(23-15)24-6-1-2-7-24/h8-9,11,14,20H,1-7,12H2,(H,21,22)/t14-/m0/s1. The Morgan fingerprint density at radius 3 is 2.88 bits per heavy atom. The van der Waals surface area contributed by atoms with E-state index in [1.807, 2.05) is 12.3 Å². The zero-order valence-electron chi connectivity index (χ0n) is 13.8. The molecule has 0 radical (unpaired) electrons. The number of piperidine rings is 1.